The fourth-order valence-electron chi connectivity index (χ4n) is 1.10. The molecule has 1 saturated carbocycles. The maximum atomic E-state index is 11.4. The lowest BCUT2D eigenvalue weighted by molar-refractivity contribution is 0.0971. The summed E-state index contributed by atoms with van der Waals surface area (Å²) in [5, 5.41) is 0. The van der Waals surface area contributed by atoms with Crippen molar-refractivity contribution in [1.29, 1.82) is 0 Å². The van der Waals surface area contributed by atoms with Crippen LogP contribution in [0.25, 0.3) is 0 Å². The standard InChI is InChI=1S/C9H8O2S/c10-5-7-3-4-8(12-7)9(11)6-1-2-6/h3-6H,1-2H2. The summed E-state index contributed by atoms with van der Waals surface area (Å²) in [4.78, 5) is 23.1. The molecule has 1 aliphatic carbocycles. The summed E-state index contributed by atoms with van der Waals surface area (Å²) in [5.41, 5.74) is 0. The summed E-state index contributed by atoms with van der Waals surface area (Å²) in [6.45, 7) is 0. The number of Topliss-reactive ketones (excluding diaryl/α,β-unsaturated/α-hetero) is 1. The van der Waals surface area contributed by atoms with Gasteiger partial charge in [-0.15, -0.1) is 11.3 Å². The van der Waals surface area contributed by atoms with Gasteiger partial charge in [0.2, 0.25) is 0 Å². The monoisotopic (exact) mass is 180 g/mol. The van der Waals surface area contributed by atoms with Crippen LogP contribution < -0.4 is 0 Å². The molecule has 0 unspecified atom stereocenters. The highest BCUT2D eigenvalue weighted by molar-refractivity contribution is 7.15. The molecular weight excluding hydrogens is 172 g/mol. The molecule has 0 N–H and O–H groups in total. The summed E-state index contributed by atoms with van der Waals surface area (Å²) >= 11 is 1.29. The average Bonchev–Trinajstić information content (AvgIpc) is 2.82. The summed E-state index contributed by atoms with van der Waals surface area (Å²) in [6, 6.07) is 3.45. The highest BCUT2D eigenvalue weighted by Gasteiger charge is 2.31. The fraction of sp³-hybridized carbons (Fsp3) is 0.333. The third-order valence-electron chi connectivity index (χ3n) is 1.93. The highest BCUT2D eigenvalue weighted by Crippen LogP contribution is 2.34. The number of thiophene rings is 1. The van der Waals surface area contributed by atoms with Gasteiger partial charge in [0.05, 0.1) is 9.75 Å². The lowest BCUT2D eigenvalue weighted by Gasteiger charge is -1.89. The van der Waals surface area contributed by atoms with Crippen molar-refractivity contribution in [3.05, 3.63) is 21.9 Å². The van der Waals surface area contributed by atoms with E-state index in [4.69, 9.17) is 0 Å². The van der Waals surface area contributed by atoms with Crippen LogP contribution in [-0.2, 0) is 0 Å². The Hall–Kier alpha value is -0.960. The van der Waals surface area contributed by atoms with Crippen LogP contribution in [0.1, 0.15) is 32.2 Å². The third-order valence-corrected chi connectivity index (χ3v) is 2.96. The maximum Gasteiger partial charge on any atom is 0.175 e. The summed E-state index contributed by atoms with van der Waals surface area (Å²) in [7, 11) is 0. The number of carbonyl (C=O) groups excluding carboxylic acids is 2. The number of hydrogen-bond donors (Lipinski definition) is 0. The van der Waals surface area contributed by atoms with E-state index in [0.717, 1.165) is 24.0 Å². The molecule has 0 atom stereocenters. The van der Waals surface area contributed by atoms with Crippen LogP contribution in [0.4, 0.5) is 0 Å². The van der Waals surface area contributed by atoms with Gasteiger partial charge < -0.3 is 0 Å². The summed E-state index contributed by atoms with van der Waals surface area (Å²) in [6.07, 6.45) is 2.83. The van der Waals surface area contributed by atoms with Gasteiger partial charge in [-0.2, -0.15) is 0 Å². The molecule has 1 fully saturated rings. The van der Waals surface area contributed by atoms with Gasteiger partial charge in [0, 0.05) is 5.92 Å². The van der Waals surface area contributed by atoms with Gasteiger partial charge in [0.15, 0.2) is 12.1 Å². The fourth-order valence-corrected chi connectivity index (χ4v) is 1.94. The molecule has 0 bridgehead atoms. The van der Waals surface area contributed by atoms with Crippen molar-refractivity contribution in [1.82, 2.24) is 0 Å². The number of hydrogen-bond acceptors (Lipinski definition) is 3. The Bertz CT molecular complexity index is 323. The zero-order valence-electron chi connectivity index (χ0n) is 6.45. The molecule has 0 spiro atoms. The first-order valence-corrected chi connectivity index (χ1v) is 4.72. The van der Waals surface area contributed by atoms with Gasteiger partial charge in [0.1, 0.15) is 0 Å². The molecule has 1 aromatic rings. The van der Waals surface area contributed by atoms with E-state index in [2.05, 4.69) is 0 Å². The maximum absolute atomic E-state index is 11.4. The minimum Gasteiger partial charge on any atom is -0.297 e. The molecule has 1 aliphatic rings. The molecule has 0 radical (unpaired) electrons. The zero-order chi connectivity index (χ0) is 8.55. The minimum atomic E-state index is 0.216. The average molecular weight is 180 g/mol. The van der Waals surface area contributed by atoms with Gasteiger partial charge in [-0.1, -0.05) is 0 Å². The molecule has 3 heteroatoms. The number of aldehydes is 1. The van der Waals surface area contributed by atoms with Crippen LogP contribution >= 0.6 is 11.3 Å². The van der Waals surface area contributed by atoms with Gasteiger partial charge in [0.25, 0.3) is 0 Å². The van der Waals surface area contributed by atoms with Crippen LogP contribution in [-0.4, -0.2) is 12.1 Å². The van der Waals surface area contributed by atoms with Crippen molar-refractivity contribution in [2.45, 2.75) is 12.8 Å². The number of rotatable bonds is 3. The quantitative estimate of drug-likeness (QED) is 0.527. The molecule has 0 amide bonds. The second kappa shape index (κ2) is 2.83. The van der Waals surface area contributed by atoms with Crippen LogP contribution in [0, 0.1) is 5.92 Å². The van der Waals surface area contributed by atoms with Crippen molar-refractivity contribution in [2.75, 3.05) is 0 Å². The molecule has 1 aromatic heterocycles. The van der Waals surface area contributed by atoms with E-state index >= 15 is 0 Å². The Morgan fingerprint density at radius 3 is 2.75 bits per heavy atom. The summed E-state index contributed by atoms with van der Waals surface area (Å²) < 4.78 is 0. The lowest BCUT2D eigenvalue weighted by atomic mass is 10.2. The predicted molar refractivity (Wildman–Crippen MR) is 46.8 cm³/mol. The normalized spacial score (nSPS) is 16.0. The Labute approximate surface area is 74.2 Å². The minimum absolute atomic E-state index is 0.216. The Kier molecular flexibility index (Phi) is 1.81. The van der Waals surface area contributed by atoms with Gasteiger partial charge >= 0.3 is 0 Å². The van der Waals surface area contributed by atoms with E-state index in [1.165, 1.54) is 11.3 Å². The molecular formula is C9H8O2S. The van der Waals surface area contributed by atoms with E-state index < -0.39 is 0 Å². The second-order valence-corrected chi connectivity index (χ2v) is 4.07. The molecule has 0 aromatic carbocycles. The van der Waals surface area contributed by atoms with Crippen molar-refractivity contribution in [3.8, 4) is 0 Å². The Morgan fingerprint density at radius 2 is 2.25 bits per heavy atom. The highest BCUT2D eigenvalue weighted by atomic mass is 32.1. The molecule has 0 saturated heterocycles. The van der Waals surface area contributed by atoms with Gasteiger partial charge in [-0.05, 0) is 25.0 Å². The van der Waals surface area contributed by atoms with Gasteiger partial charge in [-0.3, -0.25) is 9.59 Å². The van der Waals surface area contributed by atoms with Crippen molar-refractivity contribution in [2.24, 2.45) is 5.92 Å². The van der Waals surface area contributed by atoms with Gasteiger partial charge in [-0.25, -0.2) is 0 Å². The first kappa shape index (κ1) is 7.68. The van der Waals surface area contributed by atoms with E-state index in [1.807, 2.05) is 0 Å². The van der Waals surface area contributed by atoms with Crippen LogP contribution in [0.5, 0.6) is 0 Å². The van der Waals surface area contributed by atoms with E-state index in [1.54, 1.807) is 12.1 Å². The summed E-state index contributed by atoms with van der Waals surface area (Å²) in [5.74, 6) is 0.469. The zero-order valence-corrected chi connectivity index (χ0v) is 7.26. The SMILES string of the molecule is O=Cc1ccc(C(=O)C2CC2)s1. The molecule has 1 heterocycles. The largest absolute Gasteiger partial charge is 0.297 e. The predicted octanol–water partition coefficient (Wildman–Crippen LogP) is 2.15. The third kappa shape index (κ3) is 1.32. The molecule has 12 heavy (non-hydrogen) atoms. The van der Waals surface area contributed by atoms with E-state index in [9.17, 15) is 9.59 Å². The Morgan fingerprint density at radius 1 is 1.50 bits per heavy atom. The number of ketones is 1. The molecule has 62 valence electrons. The molecule has 2 rings (SSSR count). The van der Waals surface area contributed by atoms with Crippen molar-refractivity contribution < 1.29 is 9.59 Å². The van der Waals surface area contributed by atoms with Crippen molar-refractivity contribution in [3.63, 3.8) is 0 Å². The Balaban J connectivity index is 2.21. The molecule has 2 nitrogen and oxygen atoms in total. The first-order valence-electron chi connectivity index (χ1n) is 3.90. The van der Waals surface area contributed by atoms with E-state index in [0.29, 0.717) is 4.88 Å². The smallest absolute Gasteiger partial charge is 0.175 e. The first-order chi connectivity index (χ1) is 5.81. The van der Waals surface area contributed by atoms with Crippen LogP contribution in [0.3, 0.4) is 0 Å². The van der Waals surface area contributed by atoms with Crippen LogP contribution in [0.2, 0.25) is 0 Å². The lowest BCUT2D eigenvalue weighted by Crippen LogP contribution is -1.96. The van der Waals surface area contributed by atoms with Crippen LogP contribution in [0.15, 0.2) is 12.1 Å². The molecule has 0 aliphatic heterocycles. The topological polar surface area (TPSA) is 34.1 Å². The number of carbonyl (C=O) groups is 2. The van der Waals surface area contributed by atoms with E-state index in [-0.39, 0.29) is 11.7 Å². The van der Waals surface area contributed by atoms with Crippen molar-refractivity contribution >= 4 is 23.4 Å². The second-order valence-electron chi connectivity index (χ2n) is 2.96.